The van der Waals surface area contributed by atoms with Gasteiger partial charge in [0.05, 0.1) is 5.69 Å². The monoisotopic (exact) mass is 243 g/mol. The van der Waals surface area contributed by atoms with Crippen LogP contribution in [-0.4, -0.2) is 9.97 Å². The van der Waals surface area contributed by atoms with Crippen LogP contribution < -0.4 is 11.3 Å². The first-order valence-corrected chi connectivity index (χ1v) is 5.96. The lowest BCUT2D eigenvalue weighted by Crippen LogP contribution is -2.17. The van der Waals surface area contributed by atoms with Crippen LogP contribution in [0.3, 0.4) is 0 Å². The zero-order valence-electron chi connectivity index (χ0n) is 10.6. The topological polar surface area (TPSA) is 71.8 Å². The lowest BCUT2D eigenvalue weighted by molar-refractivity contribution is 0.753. The van der Waals surface area contributed by atoms with Crippen molar-refractivity contribution in [3.8, 4) is 0 Å². The summed E-state index contributed by atoms with van der Waals surface area (Å²) in [7, 11) is 0. The zero-order valence-corrected chi connectivity index (χ0v) is 10.6. The summed E-state index contributed by atoms with van der Waals surface area (Å²) in [5, 5.41) is 0. The van der Waals surface area contributed by atoms with Gasteiger partial charge in [-0.1, -0.05) is 29.8 Å². The number of rotatable bonds is 3. The van der Waals surface area contributed by atoms with Crippen molar-refractivity contribution in [1.29, 1.82) is 0 Å². The van der Waals surface area contributed by atoms with Crippen LogP contribution >= 0.6 is 0 Å². The lowest BCUT2D eigenvalue weighted by atomic mass is 10.1. The molecule has 0 saturated heterocycles. The van der Waals surface area contributed by atoms with Crippen LogP contribution in [0.5, 0.6) is 0 Å². The molecule has 0 amide bonds. The van der Waals surface area contributed by atoms with Gasteiger partial charge in [0.2, 0.25) is 0 Å². The van der Waals surface area contributed by atoms with Gasteiger partial charge in [0.25, 0.3) is 5.56 Å². The van der Waals surface area contributed by atoms with Crippen molar-refractivity contribution in [2.75, 3.05) is 0 Å². The molecule has 2 aromatic rings. The molecule has 0 spiro atoms. The second kappa shape index (κ2) is 5.14. The highest BCUT2D eigenvalue weighted by Crippen LogP contribution is 2.09. The predicted octanol–water partition coefficient (Wildman–Crippen LogP) is 1.69. The van der Waals surface area contributed by atoms with Crippen molar-refractivity contribution in [3.05, 3.63) is 63.3 Å². The van der Waals surface area contributed by atoms with Crippen LogP contribution in [0.2, 0.25) is 0 Å². The summed E-state index contributed by atoms with van der Waals surface area (Å²) < 4.78 is 0. The molecule has 0 aliphatic rings. The van der Waals surface area contributed by atoms with Crippen molar-refractivity contribution in [1.82, 2.24) is 9.97 Å². The molecule has 0 bridgehead atoms. The highest BCUT2D eigenvalue weighted by molar-refractivity contribution is 5.24. The molecule has 1 aromatic carbocycles. The van der Waals surface area contributed by atoms with Gasteiger partial charge in [-0.05, 0) is 19.4 Å². The molecule has 3 N–H and O–H groups in total. The van der Waals surface area contributed by atoms with Gasteiger partial charge < -0.3 is 10.7 Å². The molecule has 1 heterocycles. The van der Waals surface area contributed by atoms with Crippen LogP contribution in [0.15, 0.2) is 35.1 Å². The van der Waals surface area contributed by atoms with Gasteiger partial charge in [0.1, 0.15) is 5.82 Å². The number of hydrogen-bond donors (Lipinski definition) is 2. The van der Waals surface area contributed by atoms with Gasteiger partial charge in [-0.2, -0.15) is 0 Å². The molecular formula is C14H17N3O. The van der Waals surface area contributed by atoms with E-state index in [1.165, 1.54) is 11.6 Å². The summed E-state index contributed by atoms with van der Waals surface area (Å²) >= 11 is 0. The molecule has 0 fully saturated rings. The first kappa shape index (κ1) is 12.5. The number of nitrogens with one attached hydrogen (secondary N) is 1. The Morgan fingerprint density at radius 2 is 2.00 bits per heavy atom. The Bertz CT molecular complexity index is 585. The smallest absolute Gasteiger partial charge is 0.251 e. The fourth-order valence-electron chi connectivity index (χ4n) is 1.74. The van der Waals surface area contributed by atoms with Crippen LogP contribution in [0.25, 0.3) is 0 Å². The Balaban J connectivity index is 2.28. The standard InChI is InChI=1S/C14H17N3O/c1-9-3-5-11(6-4-9)7-13-16-12(10(2)15)8-14(18)17-13/h3-6,8,10H,7,15H2,1-2H3,(H,16,17,18). The third kappa shape index (κ3) is 3.05. The fourth-order valence-corrected chi connectivity index (χ4v) is 1.74. The van der Waals surface area contributed by atoms with Crippen molar-refractivity contribution < 1.29 is 0 Å². The zero-order chi connectivity index (χ0) is 13.1. The Hall–Kier alpha value is -1.94. The Kier molecular flexibility index (Phi) is 3.58. The summed E-state index contributed by atoms with van der Waals surface area (Å²) in [5.74, 6) is 0.652. The number of benzene rings is 1. The van der Waals surface area contributed by atoms with E-state index in [4.69, 9.17) is 5.73 Å². The van der Waals surface area contributed by atoms with Gasteiger partial charge in [-0.3, -0.25) is 4.79 Å². The molecule has 0 aliphatic carbocycles. The Labute approximate surface area is 106 Å². The van der Waals surface area contributed by atoms with Gasteiger partial charge in [0, 0.05) is 18.5 Å². The molecule has 1 unspecified atom stereocenters. The second-order valence-corrected chi connectivity index (χ2v) is 4.57. The quantitative estimate of drug-likeness (QED) is 0.861. The minimum atomic E-state index is -0.232. The molecule has 4 nitrogen and oxygen atoms in total. The van der Waals surface area contributed by atoms with Crippen molar-refractivity contribution in [3.63, 3.8) is 0 Å². The van der Waals surface area contributed by atoms with E-state index >= 15 is 0 Å². The van der Waals surface area contributed by atoms with Crippen LogP contribution in [0.4, 0.5) is 0 Å². The number of H-pyrrole nitrogens is 1. The maximum Gasteiger partial charge on any atom is 0.251 e. The van der Waals surface area contributed by atoms with Crippen molar-refractivity contribution >= 4 is 0 Å². The summed E-state index contributed by atoms with van der Waals surface area (Å²) in [6.07, 6.45) is 0.607. The molecular weight excluding hydrogens is 226 g/mol. The van der Waals surface area contributed by atoms with E-state index in [1.54, 1.807) is 0 Å². The first-order valence-electron chi connectivity index (χ1n) is 5.96. The van der Waals surface area contributed by atoms with Gasteiger partial charge >= 0.3 is 0 Å². The molecule has 2 rings (SSSR count). The van der Waals surface area contributed by atoms with E-state index in [9.17, 15) is 4.79 Å². The van der Waals surface area contributed by atoms with Crippen LogP contribution in [0.1, 0.15) is 35.6 Å². The third-order valence-corrected chi connectivity index (χ3v) is 2.77. The van der Waals surface area contributed by atoms with E-state index in [2.05, 4.69) is 9.97 Å². The summed E-state index contributed by atoms with van der Waals surface area (Å²) in [6.45, 7) is 3.86. The fraction of sp³-hybridized carbons (Fsp3) is 0.286. The van der Waals surface area contributed by atoms with Crippen molar-refractivity contribution in [2.24, 2.45) is 5.73 Å². The number of aromatic nitrogens is 2. The Morgan fingerprint density at radius 1 is 1.33 bits per heavy atom. The minimum Gasteiger partial charge on any atom is -0.323 e. The Morgan fingerprint density at radius 3 is 2.61 bits per heavy atom. The molecule has 18 heavy (non-hydrogen) atoms. The van der Waals surface area contributed by atoms with Crippen LogP contribution in [0, 0.1) is 6.92 Å². The number of hydrogen-bond acceptors (Lipinski definition) is 3. The van der Waals surface area contributed by atoms with E-state index in [0.29, 0.717) is 17.9 Å². The SMILES string of the molecule is Cc1ccc(Cc2nc(C(C)N)cc(=O)[nH]2)cc1. The maximum absolute atomic E-state index is 11.5. The number of nitrogens with two attached hydrogens (primary N) is 1. The molecule has 94 valence electrons. The van der Waals surface area contributed by atoms with E-state index < -0.39 is 0 Å². The number of aryl methyl sites for hydroxylation is 1. The molecule has 4 heteroatoms. The molecule has 1 atom stereocenters. The molecule has 1 aromatic heterocycles. The molecule has 0 radical (unpaired) electrons. The van der Waals surface area contributed by atoms with E-state index in [1.807, 2.05) is 38.1 Å². The molecule has 0 saturated carbocycles. The van der Waals surface area contributed by atoms with E-state index in [0.717, 1.165) is 5.56 Å². The van der Waals surface area contributed by atoms with Gasteiger partial charge in [-0.25, -0.2) is 4.98 Å². The van der Waals surface area contributed by atoms with Crippen LogP contribution in [-0.2, 0) is 6.42 Å². The average Bonchev–Trinajstić information content (AvgIpc) is 2.31. The van der Waals surface area contributed by atoms with E-state index in [-0.39, 0.29) is 11.6 Å². The molecule has 0 aliphatic heterocycles. The predicted molar refractivity (Wildman–Crippen MR) is 71.4 cm³/mol. The average molecular weight is 243 g/mol. The second-order valence-electron chi connectivity index (χ2n) is 4.57. The normalized spacial score (nSPS) is 12.4. The summed E-state index contributed by atoms with van der Waals surface area (Å²) in [6, 6.07) is 9.38. The van der Waals surface area contributed by atoms with Gasteiger partial charge in [-0.15, -0.1) is 0 Å². The highest BCUT2D eigenvalue weighted by atomic mass is 16.1. The van der Waals surface area contributed by atoms with Crippen molar-refractivity contribution in [2.45, 2.75) is 26.3 Å². The number of aromatic amines is 1. The lowest BCUT2D eigenvalue weighted by Gasteiger charge is -2.07. The largest absolute Gasteiger partial charge is 0.323 e. The maximum atomic E-state index is 11.5. The third-order valence-electron chi connectivity index (χ3n) is 2.77. The summed E-state index contributed by atoms with van der Waals surface area (Å²) in [4.78, 5) is 18.6. The van der Waals surface area contributed by atoms with Gasteiger partial charge in [0.15, 0.2) is 0 Å². The summed E-state index contributed by atoms with van der Waals surface area (Å²) in [5.41, 5.74) is 8.55. The number of nitrogens with zero attached hydrogens (tertiary/aromatic N) is 1. The first-order chi connectivity index (χ1) is 8.54. The minimum absolute atomic E-state index is 0.153. The highest BCUT2D eigenvalue weighted by Gasteiger charge is 2.06.